The second-order valence-corrected chi connectivity index (χ2v) is 6.22. The van der Waals surface area contributed by atoms with Gasteiger partial charge in [0, 0.05) is 15.8 Å². The molecule has 0 spiro atoms. The van der Waals surface area contributed by atoms with Gasteiger partial charge in [-0.05, 0) is 36.8 Å². The Hall–Kier alpha value is -0.420. The third kappa shape index (κ3) is 3.12. The number of benzene rings is 1. The SMILES string of the molecule is COc1ccc(Cl)cc1C(NN)C1CCCCS1. The summed E-state index contributed by atoms with van der Waals surface area (Å²) in [7, 11) is 1.67. The van der Waals surface area contributed by atoms with Crippen LogP contribution in [0, 0.1) is 0 Å². The molecule has 3 N–H and O–H groups in total. The van der Waals surface area contributed by atoms with Gasteiger partial charge in [-0.2, -0.15) is 11.8 Å². The Bertz CT molecular complexity index is 397. The maximum atomic E-state index is 6.08. The lowest BCUT2D eigenvalue weighted by atomic mass is 9.99. The van der Waals surface area contributed by atoms with Crippen molar-refractivity contribution in [2.75, 3.05) is 12.9 Å². The Morgan fingerprint density at radius 2 is 2.33 bits per heavy atom. The van der Waals surface area contributed by atoms with Gasteiger partial charge >= 0.3 is 0 Å². The van der Waals surface area contributed by atoms with Crippen LogP contribution in [-0.4, -0.2) is 18.1 Å². The molecule has 0 radical (unpaired) electrons. The second-order valence-electron chi connectivity index (χ2n) is 4.44. The predicted molar refractivity (Wildman–Crippen MR) is 78.2 cm³/mol. The molecular weight excluding hydrogens is 268 g/mol. The molecule has 0 bridgehead atoms. The van der Waals surface area contributed by atoms with Crippen molar-refractivity contribution in [1.82, 2.24) is 5.43 Å². The summed E-state index contributed by atoms with van der Waals surface area (Å²) in [6.45, 7) is 0. The highest BCUT2D eigenvalue weighted by Gasteiger charge is 2.27. The van der Waals surface area contributed by atoms with Crippen LogP contribution >= 0.6 is 23.4 Å². The molecule has 3 nitrogen and oxygen atoms in total. The van der Waals surface area contributed by atoms with E-state index in [0.717, 1.165) is 11.3 Å². The van der Waals surface area contributed by atoms with Gasteiger partial charge in [-0.15, -0.1) is 0 Å². The summed E-state index contributed by atoms with van der Waals surface area (Å²) in [6.07, 6.45) is 3.74. The fourth-order valence-corrected chi connectivity index (χ4v) is 3.98. The quantitative estimate of drug-likeness (QED) is 0.659. The summed E-state index contributed by atoms with van der Waals surface area (Å²) < 4.78 is 5.41. The van der Waals surface area contributed by atoms with Crippen molar-refractivity contribution in [3.05, 3.63) is 28.8 Å². The van der Waals surface area contributed by atoms with E-state index in [1.165, 1.54) is 25.0 Å². The maximum Gasteiger partial charge on any atom is 0.123 e. The Kier molecular flexibility index (Phi) is 5.18. The van der Waals surface area contributed by atoms with Crippen LogP contribution in [0.2, 0.25) is 5.02 Å². The number of rotatable bonds is 4. The normalized spacial score (nSPS) is 21.6. The molecule has 0 amide bonds. The summed E-state index contributed by atoms with van der Waals surface area (Å²) in [5.41, 5.74) is 3.98. The highest BCUT2D eigenvalue weighted by Crippen LogP contribution is 2.38. The minimum atomic E-state index is 0.0870. The van der Waals surface area contributed by atoms with Gasteiger partial charge in [0.2, 0.25) is 0 Å². The van der Waals surface area contributed by atoms with Crippen molar-refractivity contribution in [1.29, 1.82) is 0 Å². The number of methoxy groups -OCH3 is 1. The van der Waals surface area contributed by atoms with Crippen LogP contribution in [0.1, 0.15) is 30.9 Å². The number of hydrogen-bond acceptors (Lipinski definition) is 4. The number of nitrogens with two attached hydrogens (primary N) is 1. The van der Waals surface area contributed by atoms with E-state index in [-0.39, 0.29) is 6.04 Å². The number of hydrazine groups is 1. The number of halogens is 1. The average Bonchev–Trinajstić information content (AvgIpc) is 2.41. The van der Waals surface area contributed by atoms with E-state index >= 15 is 0 Å². The summed E-state index contributed by atoms with van der Waals surface area (Å²) in [6, 6.07) is 5.77. The first-order valence-electron chi connectivity index (χ1n) is 6.17. The molecule has 2 unspecified atom stereocenters. The van der Waals surface area contributed by atoms with Crippen molar-refractivity contribution < 1.29 is 4.74 Å². The minimum Gasteiger partial charge on any atom is -0.496 e. The summed E-state index contributed by atoms with van der Waals surface area (Å²) in [5, 5.41) is 1.20. The molecule has 1 saturated heterocycles. The fourth-order valence-electron chi connectivity index (χ4n) is 2.37. The van der Waals surface area contributed by atoms with E-state index in [1.54, 1.807) is 7.11 Å². The zero-order valence-corrected chi connectivity index (χ0v) is 12.1. The van der Waals surface area contributed by atoms with Crippen molar-refractivity contribution in [2.45, 2.75) is 30.6 Å². The minimum absolute atomic E-state index is 0.0870. The number of hydrogen-bond donors (Lipinski definition) is 2. The second kappa shape index (κ2) is 6.66. The zero-order chi connectivity index (χ0) is 13.0. The van der Waals surface area contributed by atoms with Gasteiger partial charge in [-0.1, -0.05) is 18.0 Å². The number of thioether (sulfide) groups is 1. The van der Waals surface area contributed by atoms with E-state index < -0.39 is 0 Å². The Labute approximate surface area is 117 Å². The molecule has 100 valence electrons. The lowest BCUT2D eigenvalue weighted by Crippen LogP contribution is -2.36. The highest BCUT2D eigenvalue weighted by molar-refractivity contribution is 8.00. The summed E-state index contributed by atoms with van der Waals surface area (Å²) in [4.78, 5) is 0. The first-order valence-corrected chi connectivity index (χ1v) is 7.60. The molecule has 18 heavy (non-hydrogen) atoms. The molecule has 2 rings (SSSR count). The van der Waals surface area contributed by atoms with Gasteiger partial charge in [0.05, 0.1) is 13.2 Å². The molecule has 2 atom stereocenters. The molecule has 1 aliphatic rings. The van der Waals surface area contributed by atoms with E-state index in [9.17, 15) is 0 Å². The standard InChI is InChI=1S/C13H19ClN2OS/c1-17-11-6-5-9(14)8-10(11)13(16-15)12-4-2-3-7-18-12/h5-6,8,12-13,16H,2-4,7,15H2,1H3. The first kappa shape index (κ1) is 14.0. The van der Waals surface area contributed by atoms with E-state index in [0.29, 0.717) is 10.3 Å². The molecule has 1 aromatic rings. The Balaban J connectivity index is 2.27. The summed E-state index contributed by atoms with van der Waals surface area (Å²) >= 11 is 8.06. The van der Waals surface area contributed by atoms with Crippen LogP contribution in [0.4, 0.5) is 0 Å². The smallest absolute Gasteiger partial charge is 0.123 e. The van der Waals surface area contributed by atoms with E-state index in [1.807, 2.05) is 30.0 Å². The van der Waals surface area contributed by atoms with Gasteiger partial charge in [0.25, 0.3) is 0 Å². The molecule has 0 aromatic heterocycles. The zero-order valence-electron chi connectivity index (χ0n) is 10.5. The van der Waals surface area contributed by atoms with Gasteiger partial charge < -0.3 is 4.74 Å². The molecule has 1 fully saturated rings. The number of ether oxygens (including phenoxy) is 1. The van der Waals surface area contributed by atoms with Crippen LogP contribution < -0.4 is 16.0 Å². The van der Waals surface area contributed by atoms with Crippen molar-refractivity contribution in [2.24, 2.45) is 5.84 Å². The first-order chi connectivity index (χ1) is 8.76. The van der Waals surface area contributed by atoms with E-state index in [2.05, 4.69) is 5.43 Å². The van der Waals surface area contributed by atoms with Crippen LogP contribution in [0.5, 0.6) is 5.75 Å². The van der Waals surface area contributed by atoms with Crippen molar-refractivity contribution >= 4 is 23.4 Å². The van der Waals surface area contributed by atoms with Gasteiger partial charge in [-0.3, -0.25) is 11.3 Å². The van der Waals surface area contributed by atoms with Gasteiger partial charge in [-0.25, -0.2) is 0 Å². The Morgan fingerprint density at radius 3 is 2.94 bits per heavy atom. The van der Waals surface area contributed by atoms with Crippen molar-refractivity contribution in [3.63, 3.8) is 0 Å². The molecule has 1 aromatic carbocycles. The predicted octanol–water partition coefficient (Wildman–Crippen LogP) is 3.14. The molecule has 0 aliphatic carbocycles. The Morgan fingerprint density at radius 1 is 1.50 bits per heavy atom. The van der Waals surface area contributed by atoms with Gasteiger partial charge in [0.1, 0.15) is 5.75 Å². The largest absolute Gasteiger partial charge is 0.496 e. The molecule has 1 aliphatic heterocycles. The molecule has 5 heteroatoms. The molecule has 0 saturated carbocycles. The third-order valence-corrected chi connectivity index (χ3v) is 4.99. The third-order valence-electron chi connectivity index (χ3n) is 3.29. The topological polar surface area (TPSA) is 47.3 Å². The summed E-state index contributed by atoms with van der Waals surface area (Å²) in [5.74, 6) is 7.79. The maximum absolute atomic E-state index is 6.08. The van der Waals surface area contributed by atoms with Crippen molar-refractivity contribution in [3.8, 4) is 5.75 Å². The fraction of sp³-hybridized carbons (Fsp3) is 0.538. The van der Waals surface area contributed by atoms with Crippen LogP contribution in [0.3, 0.4) is 0 Å². The highest BCUT2D eigenvalue weighted by atomic mass is 35.5. The van der Waals surface area contributed by atoms with Crippen LogP contribution in [0.25, 0.3) is 0 Å². The average molecular weight is 287 g/mol. The molecular formula is C13H19ClN2OS. The lowest BCUT2D eigenvalue weighted by Gasteiger charge is -2.30. The molecule has 1 heterocycles. The van der Waals surface area contributed by atoms with Gasteiger partial charge in [0.15, 0.2) is 0 Å². The van der Waals surface area contributed by atoms with E-state index in [4.69, 9.17) is 22.2 Å². The lowest BCUT2D eigenvalue weighted by molar-refractivity contribution is 0.394. The van der Waals surface area contributed by atoms with Crippen LogP contribution in [-0.2, 0) is 0 Å². The monoisotopic (exact) mass is 286 g/mol. The van der Waals surface area contributed by atoms with Crippen LogP contribution in [0.15, 0.2) is 18.2 Å². The number of nitrogens with one attached hydrogen (secondary N) is 1.